The number of piperidine rings is 1. The zero-order valence-electron chi connectivity index (χ0n) is 13.8. The van der Waals surface area contributed by atoms with Crippen LogP contribution in [-0.2, 0) is 17.9 Å². The highest BCUT2D eigenvalue weighted by molar-refractivity contribution is 5.75. The molecule has 0 radical (unpaired) electrons. The molecule has 0 spiro atoms. The van der Waals surface area contributed by atoms with Gasteiger partial charge in [-0.15, -0.1) is 0 Å². The van der Waals surface area contributed by atoms with Gasteiger partial charge in [0.05, 0.1) is 6.54 Å². The molecule has 0 unspecified atom stereocenters. The third kappa shape index (κ3) is 4.31. The normalized spacial score (nSPS) is 16.4. The van der Waals surface area contributed by atoms with E-state index in [4.69, 9.17) is 10.2 Å². The third-order valence-corrected chi connectivity index (χ3v) is 4.32. The Balaban J connectivity index is 1.36. The van der Waals surface area contributed by atoms with Gasteiger partial charge < -0.3 is 15.5 Å². The molecule has 130 valence electrons. The van der Waals surface area contributed by atoms with Gasteiger partial charge in [-0.05, 0) is 61.3 Å². The standard InChI is InChI=1S/C15H23N7O2/c1-11-2-3-13(24-11)9-21-6-4-12(5-7-21)8-17-14(23)10-22-15(16)18-19-20-22/h2-3,12H,4-10H2,1H3,(H,17,23)(H2,16,18,20). The number of carbonyl (C=O) groups is 1. The van der Waals surface area contributed by atoms with Crippen LogP contribution in [0.1, 0.15) is 24.4 Å². The molecule has 9 heteroatoms. The van der Waals surface area contributed by atoms with Crippen LogP contribution in [0.5, 0.6) is 0 Å². The molecule has 2 aromatic rings. The molecule has 2 aromatic heterocycles. The van der Waals surface area contributed by atoms with Gasteiger partial charge in [0, 0.05) is 6.54 Å². The number of anilines is 1. The first kappa shape index (κ1) is 16.4. The first-order valence-corrected chi connectivity index (χ1v) is 8.16. The fourth-order valence-corrected chi connectivity index (χ4v) is 2.91. The number of rotatable bonds is 6. The topological polar surface area (TPSA) is 115 Å². The lowest BCUT2D eigenvalue weighted by Crippen LogP contribution is -2.39. The van der Waals surface area contributed by atoms with Gasteiger partial charge in [0.1, 0.15) is 18.1 Å². The number of hydrogen-bond acceptors (Lipinski definition) is 7. The highest BCUT2D eigenvalue weighted by atomic mass is 16.3. The molecule has 1 aliphatic rings. The van der Waals surface area contributed by atoms with Gasteiger partial charge in [-0.25, -0.2) is 4.68 Å². The van der Waals surface area contributed by atoms with Crippen molar-refractivity contribution in [2.75, 3.05) is 25.4 Å². The first-order chi connectivity index (χ1) is 11.6. The molecular weight excluding hydrogens is 310 g/mol. The highest BCUT2D eigenvalue weighted by Gasteiger charge is 2.20. The second-order valence-corrected chi connectivity index (χ2v) is 6.23. The van der Waals surface area contributed by atoms with E-state index in [1.54, 1.807) is 0 Å². The molecule has 1 aliphatic heterocycles. The summed E-state index contributed by atoms with van der Waals surface area (Å²) in [6.07, 6.45) is 2.12. The number of aryl methyl sites for hydroxylation is 1. The maximum absolute atomic E-state index is 11.9. The number of tetrazole rings is 1. The van der Waals surface area contributed by atoms with Crippen molar-refractivity contribution in [1.29, 1.82) is 0 Å². The van der Waals surface area contributed by atoms with Crippen molar-refractivity contribution in [3.8, 4) is 0 Å². The minimum Gasteiger partial charge on any atom is -0.465 e. The number of amides is 1. The Hall–Kier alpha value is -2.42. The Morgan fingerprint density at radius 3 is 2.83 bits per heavy atom. The molecule has 0 aromatic carbocycles. The number of aromatic nitrogens is 4. The fourth-order valence-electron chi connectivity index (χ4n) is 2.91. The quantitative estimate of drug-likeness (QED) is 0.775. The minimum atomic E-state index is -0.123. The maximum Gasteiger partial charge on any atom is 0.241 e. The molecular formula is C15H23N7O2. The lowest BCUT2D eigenvalue weighted by Gasteiger charge is -2.31. The van der Waals surface area contributed by atoms with Gasteiger partial charge in [0.2, 0.25) is 11.9 Å². The largest absolute Gasteiger partial charge is 0.465 e. The smallest absolute Gasteiger partial charge is 0.241 e. The van der Waals surface area contributed by atoms with Gasteiger partial charge in [0.25, 0.3) is 0 Å². The van der Waals surface area contributed by atoms with Crippen molar-refractivity contribution in [2.45, 2.75) is 32.9 Å². The van der Waals surface area contributed by atoms with Crippen molar-refractivity contribution in [3.05, 3.63) is 23.7 Å². The average Bonchev–Trinajstić information content (AvgIpc) is 3.15. The summed E-state index contributed by atoms with van der Waals surface area (Å²) in [6.45, 7) is 5.57. The van der Waals surface area contributed by atoms with E-state index < -0.39 is 0 Å². The number of nitrogens with one attached hydrogen (secondary N) is 1. The van der Waals surface area contributed by atoms with Crippen LogP contribution in [0.25, 0.3) is 0 Å². The van der Waals surface area contributed by atoms with Crippen molar-refractivity contribution >= 4 is 11.9 Å². The van der Waals surface area contributed by atoms with E-state index in [2.05, 4.69) is 25.7 Å². The van der Waals surface area contributed by atoms with Crippen LogP contribution in [0.3, 0.4) is 0 Å². The summed E-state index contributed by atoms with van der Waals surface area (Å²) in [5.41, 5.74) is 5.54. The molecule has 3 heterocycles. The van der Waals surface area contributed by atoms with Crippen LogP contribution in [-0.4, -0.2) is 50.6 Å². The molecule has 0 atom stereocenters. The number of likely N-dealkylation sites (tertiary alicyclic amines) is 1. The molecule has 0 bridgehead atoms. The zero-order valence-corrected chi connectivity index (χ0v) is 13.8. The maximum atomic E-state index is 11.9. The summed E-state index contributed by atoms with van der Waals surface area (Å²) in [7, 11) is 0. The van der Waals surface area contributed by atoms with Crippen LogP contribution < -0.4 is 11.1 Å². The molecule has 1 fully saturated rings. The Morgan fingerprint density at radius 1 is 1.42 bits per heavy atom. The Morgan fingerprint density at radius 2 is 2.21 bits per heavy atom. The van der Waals surface area contributed by atoms with E-state index in [1.165, 1.54) is 4.68 Å². The van der Waals surface area contributed by atoms with Crippen LogP contribution in [0.2, 0.25) is 0 Å². The predicted molar refractivity (Wildman–Crippen MR) is 86.7 cm³/mol. The minimum absolute atomic E-state index is 0.0511. The number of furan rings is 1. The monoisotopic (exact) mass is 333 g/mol. The number of nitrogen functional groups attached to an aromatic ring is 1. The molecule has 24 heavy (non-hydrogen) atoms. The number of nitrogens with zero attached hydrogens (tertiary/aromatic N) is 5. The predicted octanol–water partition coefficient (Wildman–Crippen LogP) is 0.185. The summed E-state index contributed by atoms with van der Waals surface area (Å²) in [6, 6.07) is 4.03. The summed E-state index contributed by atoms with van der Waals surface area (Å²) in [4.78, 5) is 14.3. The molecule has 3 rings (SSSR count). The summed E-state index contributed by atoms with van der Waals surface area (Å²) < 4.78 is 6.91. The molecule has 1 saturated heterocycles. The molecule has 9 nitrogen and oxygen atoms in total. The van der Waals surface area contributed by atoms with E-state index in [0.717, 1.165) is 44.0 Å². The van der Waals surface area contributed by atoms with Crippen LogP contribution in [0, 0.1) is 12.8 Å². The number of carbonyl (C=O) groups excluding carboxylic acids is 1. The van der Waals surface area contributed by atoms with Gasteiger partial charge >= 0.3 is 0 Å². The third-order valence-electron chi connectivity index (χ3n) is 4.32. The first-order valence-electron chi connectivity index (χ1n) is 8.16. The molecule has 0 aliphatic carbocycles. The van der Waals surface area contributed by atoms with Crippen molar-refractivity contribution in [2.24, 2.45) is 5.92 Å². The van der Waals surface area contributed by atoms with Gasteiger partial charge in [-0.3, -0.25) is 9.69 Å². The molecule has 3 N–H and O–H groups in total. The van der Waals surface area contributed by atoms with Crippen LogP contribution in [0.15, 0.2) is 16.5 Å². The summed E-state index contributed by atoms with van der Waals surface area (Å²) in [5, 5.41) is 13.6. The van der Waals surface area contributed by atoms with Crippen LogP contribution in [0.4, 0.5) is 5.95 Å². The summed E-state index contributed by atoms with van der Waals surface area (Å²) >= 11 is 0. The lowest BCUT2D eigenvalue weighted by molar-refractivity contribution is -0.122. The van der Waals surface area contributed by atoms with E-state index in [-0.39, 0.29) is 18.4 Å². The molecule has 1 amide bonds. The SMILES string of the molecule is Cc1ccc(CN2CCC(CNC(=O)Cn3nnnc3N)CC2)o1. The zero-order chi connectivity index (χ0) is 16.9. The lowest BCUT2D eigenvalue weighted by atomic mass is 9.96. The van der Waals surface area contributed by atoms with E-state index in [9.17, 15) is 4.79 Å². The van der Waals surface area contributed by atoms with Gasteiger partial charge in [0.15, 0.2) is 0 Å². The van der Waals surface area contributed by atoms with Gasteiger partial charge in [-0.1, -0.05) is 5.10 Å². The second-order valence-electron chi connectivity index (χ2n) is 6.23. The Labute approximate surface area is 140 Å². The van der Waals surface area contributed by atoms with Crippen molar-refractivity contribution in [3.63, 3.8) is 0 Å². The van der Waals surface area contributed by atoms with Crippen LogP contribution >= 0.6 is 0 Å². The number of nitrogens with two attached hydrogens (primary N) is 1. The van der Waals surface area contributed by atoms with E-state index in [1.807, 2.05) is 19.1 Å². The van der Waals surface area contributed by atoms with E-state index in [0.29, 0.717) is 12.5 Å². The molecule has 0 saturated carbocycles. The highest BCUT2D eigenvalue weighted by Crippen LogP contribution is 2.19. The Bertz CT molecular complexity index is 673. The second kappa shape index (κ2) is 7.43. The summed E-state index contributed by atoms with van der Waals surface area (Å²) in [5.74, 6) is 2.48. The van der Waals surface area contributed by atoms with Crippen molar-refractivity contribution < 1.29 is 9.21 Å². The van der Waals surface area contributed by atoms with Gasteiger partial charge in [-0.2, -0.15) is 0 Å². The average molecular weight is 333 g/mol. The van der Waals surface area contributed by atoms with E-state index >= 15 is 0 Å². The number of hydrogen-bond donors (Lipinski definition) is 2. The Kier molecular flexibility index (Phi) is 5.09. The fraction of sp³-hybridized carbons (Fsp3) is 0.600. The van der Waals surface area contributed by atoms with Crippen molar-refractivity contribution in [1.82, 2.24) is 30.4 Å².